The van der Waals surface area contributed by atoms with Crippen molar-refractivity contribution in [1.29, 1.82) is 0 Å². The van der Waals surface area contributed by atoms with E-state index in [1.54, 1.807) is 0 Å². The number of aliphatic carboxylic acids is 2. The zero-order valence-corrected chi connectivity index (χ0v) is 21.2. The minimum Gasteiger partial charge on any atom is -0.549 e. The number of carboxylic acid groups (broad SMARTS) is 2. The van der Waals surface area contributed by atoms with E-state index in [1.807, 2.05) is 14.1 Å². The maximum Gasteiger partial charge on any atom is 0.0678 e. The van der Waals surface area contributed by atoms with Crippen molar-refractivity contribution >= 4 is 11.9 Å². The van der Waals surface area contributed by atoms with Crippen LogP contribution in [0.2, 0.25) is 0 Å². The predicted octanol–water partition coefficient (Wildman–Crippen LogP) is 1.83. The highest BCUT2D eigenvalue weighted by atomic mass is 16.4. The number of carboxylic acids is 2. The molecule has 0 aliphatic carbocycles. The first-order chi connectivity index (χ1) is 13.7. The Morgan fingerprint density at radius 3 is 1.19 bits per heavy atom. The molecule has 2 rings (SSSR count). The van der Waals surface area contributed by atoms with Crippen molar-refractivity contribution in [2.75, 3.05) is 14.1 Å². The van der Waals surface area contributed by atoms with E-state index in [4.69, 9.17) is 0 Å². The molecule has 31 heavy (non-hydrogen) atoms. The normalized spacial score (nSPS) is 27.0. The number of likely N-dealkylation sites (tertiary alicyclic amines) is 2. The summed E-state index contributed by atoms with van der Waals surface area (Å²) in [5, 5.41) is 25.3. The van der Waals surface area contributed by atoms with Gasteiger partial charge in [-0.15, -0.1) is 0 Å². The molecule has 0 radical (unpaired) electrons. The van der Waals surface area contributed by atoms with Crippen LogP contribution in [-0.2, 0) is 9.59 Å². The van der Waals surface area contributed by atoms with Crippen LogP contribution in [0.5, 0.6) is 0 Å². The van der Waals surface area contributed by atoms with Gasteiger partial charge in [0.25, 0.3) is 0 Å². The second-order valence-electron chi connectivity index (χ2n) is 12.5. The van der Waals surface area contributed by atoms with Gasteiger partial charge in [0.1, 0.15) is 0 Å². The fourth-order valence-electron chi connectivity index (χ4n) is 6.84. The summed E-state index contributed by atoms with van der Waals surface area (Å²) in [6.45, 7) is 20.5. The van der Waals surface area contributed by atoms with Gasteiger partial charge in [0.05, 0.1) is 11.9 Å². The molecule has 0 unspecified atom stereocenters. The van der Waals surface area contributed by atoms with E-state index in [0.29, 0.717) is 25.7 Å². The van der Waals surface area contributed by atoms with E-state index >= 15 is 0 Å². The molecule has 2 saturated heterocycles. The van der Waals surface area contributed by atoms with Crippen LogP contribution in [0, 0.1) is 17.3 Å². The lowest BCUT2D eigenvalue weighted by Gasteiger charge is -2.63. The highest BCUT2D eigenvalue weighted by molar-refractivity contribution is 5.95. The van der Waals surface area contributed by atoms with Gasteiger partial charge in [0.15, 0.2) is 0 Å². The second kappa shape index (κ2) is 7.58. The van der Waals surface area contributed by atoms with Crippen LogP contribution in [0.15, 0.2) is 12.2 Å². The Morgan fingerprint density at radius 2 is 1.00 bits per heavy atom. The van der Waals surface area contributed by atoms with Crippen LogP contribution in [0.3, 0.4) is 0 Å². The van der Waals surface area contributed by atoms with Crippen molar-refractivity contribution in [3.63, 3.8) is 0 Å². The van der Waals surface area contributed by atoms with Gasteiger partial charge in [-0.05, 0) is 113 Å². The van der Waals surface area contributed by atoms with Gasteiger partial charge in [-0.1, -0.05) is 6.58 Å². The average Bonchev–Trinajstić information content (AvgIpc) is 2.56. The summed E-state index contributed by atoms with van der Waals surface area (Å²) in [6, 6.07) is 0. The molecule has 2 fully saturated rings. The summed E-state index contributed by atoms with van der Waals surface area (Å²) >= 11 is 0. The lowest BCUT2D eigenvalue weighted by molar-refractivity contribution is -0.331. The Kier molecular flexibility index (Phi) is 6.33. The maximum absolute atomic E-state index is 13.1. The van der Waals surface area contributed by atoms with Crippen LogP contribution < -0.4 is 10.2 Å². The van der Waals surface area contributed by atoms with Crippen LogP contribution in [0.4, 0.5) is 0 Å². The molecule has 0 spiro atoms. The standard InChI is InChI=1S/C25H44N2O4/c1-16(19(28)29)25(20(30)31,17-12-21(2,3)26(10)22(4,5)13-17)18-14-23(6,7)27(11)24(8,9)15-18/h17-18H,1,12-15H2,2-11H3,(H,28,29)(H,30,31)/p-2. The molecule has 0 aromatic heterocycles. The highest BCUT2D eigenvalue weighted by Crippen LogP contribution is 2.58. The Balaban J connectivity index is 2.75. The summed E-state index contributed by atoms with van der Waals surface area (Å²) < 4.78 is 0. The zero-order chi connectivity index (χ0) is 24.4. The van der Waals surface area contributed by atoms with E-state index in [0.717, 1.165) is 0 Å². The average molecular weight is 435 g/mol. The summed E-state index contributed by atoms with van der Waals surface area (Å²) in [5.74, 6) is -3.68. The van der Waals surface area contributed by atoms with Crippen LogP contribution in [0.1, 0.15) is 81.1 Å². The van der Waals surface area contributed by atoms with Crippen LogP contribution in [0.25, 0.3) is 0 Å². The predicted molar refractivity (Wildman–Crippen MR) is 119 cm³/mol. The molecular formula is C25H42N2O4-2. The number of rotatable bonds is 5. The number of piperidine rings is 2. The van der Waals surface area contributed by atoms with Gasteiger partial charge >= 0.3 is 0 Å². The van der Waals surface area contributed by atoms with Crippen molar-refractivity contribution in [2.24, 2.45) is 17.3 Å². The Labute approximate surface area is 188 Å². The third kappa shape index (κ3) is 4.06. The second-order valence-corrected chi connectivity index (χ2v) is 12.5. The molecule has 2 aliphatic rings. The Morgan fingerprint density at radius 1 is 0.742 bits per heavy atom. The number of carbonyl (C=O) groups excluding carboxylic acids is 2. The number of hydrogen-bond donors (Lipinski definition) is 0. The molecule has 6 heteroatoms. The van der Waals surface area contributed by atoms with Crippen LogP contribution >= 0.6 is 0 Å². The summed E-state index contributed by atoms with van der Waals surface area (Å²) in [4.78, 5) is 29.8. The first kappa shape index (κ1) is 25.9. The van der Waals surface area contributed by atoms with Crippen molar-refractivity contribution in [3.05, 3.63) is 12.2 Å². The van der Waals surface area contributed by atoms with Gasteiger partial charge in [-0.3, -0.25) is 9.80 Å². The molecule has 0 atom stereocenters. The molecule has 0 bridgehead atoms. The van der Waals surface area contributed by atoms with Gasteiger partial charge < -0.3 is 19.8 Å². The largest absolute Gasteiger partial charge is 0.549 e. The van der Waals surface area contributed by atoms with E-state index in [9.17, 15) is 19.8 Å². The lowest BCUT2D eigenvalue weighted by atomic mass is 9.51. The van der Waals surface area contributed by atoms with Gasteiger partial charge in [0.2, 0.25) is 0 Å². The molecule has 0 N–H and O–H groups in total. The first-order valence-electron chi connectivity index (χ1n) is 11.3. The topological polar surface area (TPSA) is 86.7 Å². The molecule has 0 amide bonds. The molecule has 0 saturated carbocycles. The summed E-state index contributed by atoms with van der Waals surface area (Å²) in [6.07, 6.45) is 2.17. The van der Waals surface area contributed by atoms with Crippen molar-refractivity contribution < 1.29 is 19.8 Å². The number of nitrogens with zero attached hydrogens (tertiary/aromatic N) is 2. The molecule has 0 aromatic carbocycles. The zero-order valence-electron chi connectivity index (χ0n) is 21.2. The third-order valence-corrected chi connectivity index (χ3v) is 8.99. The monoisotopic (exact) mass is 434 g/mol. The molecule has 0 aromatic rings. The van der Waals surface area contributed by atoms with Crippen molar-refractivity contribution in [1.82, 2.24) is 9.80 Å². The molecule has 178 valence electrons. The Hall–Kier alpha value is -1.40. The SMILES string of the molecule is C=C(C(=O)[O-])C(C(=O)[O-])(C1CC(C)(C)N(C)C(C)(C)C1)C1CC(C)(C)N(C)C(C)(C)C1. The minimum absolute atomic E-state index is 0.310. The van der Waals surface area contributed by atoms with E-state index < -0.39 is 29.2 Å². The quantitative estimate of drug-likeness (QED) is 0.614. The van der Waals surface area contributed by atoms with Crippen molar-refractivity contribution in [3.8, 4) is 0 Å². The van der Waals surface area contributed by atoms with E-state index in [-0.39, 0.29) is 27.7 Å². The van der Waals surface area contributed by atoms with E-state index in [2.05, 4.69) is 71.8 Å². The van der Waals surface area contributed by atoms with Gasteiger partial charge in [-0.25, -0.2) is 0 Å². The first-order valence-corrected chi connectivity index (χ1v) is 11.3. The van der Waals surface area contributed by atoms with E-state index in [1.165, 1.54) is 0 Å². The summed E-state index contributed by atoms with van der Waals surface area (Å²) in [7, 11) is 4.10. The summed E-state index contributed by atoms with van der Waals surface area (Å²) in [5.41, 5.74) is -3.27. The number of hydrogen-bond acceptors (Lipinski definition) is 6. The maximum atomic E-state index is 13.1. The molecule has 2 aliphatic heterocycles. The molecule has 2 heterocycles. The third-order valence-electron chi connectivity index (χ3n) is 8.99. The smallest absolute Gasteiger partial charge is 0.0678 e. The lowest BCUT2D eigenvalue weighted by Crippen LogP contribution is -2.68. The van der Waals surface area contributed by atoms with Gasteiger partial charge in [-0.2, -0.15) is 0 Å². The fourth-order valence-corrected chi connectivity index (χ4v) is 6.84. The molecular weight excluding hydrogens is 392 g/mol. The molecule has 6 nitrogen and oxygen atoms in total. The highest BCUT2D eigenvalue weighted by Gasteiger charge is 2.59. The van der Waals surface area contributed by atoms with Gasteiger partial charge in [0, 0.05) is 27.6 Å². The van der Waals surface area contributed by atoms with Crippen molar-refractivity contribution in [2.45, 2.75) is 103 Å². The minimum atomic E-state index is -1.69. The Bertz CT molecular complexity index is 687. The number of carbonyl (C=O) groups is 2. The van der Waals surface area contributed by atoms with Crippen LogP contribution in [-0.4, -0.2) is 58.0 Å². The fraction of sp³-hybridized carbons (Fsp3) is 0.840.